The summed E-state index contributed by atoms with van der Waals surface area (Å²) >= 11 is 0. The van der Waals surface area contributed by atoms with Crippen LogP contribution in [0.4, 0.5) is 5.69 Å². The van der Waals surface area contributed by atoms with E-state index in [0.29, 0.717) is 12.1 Å². The second-order valence-electron chi connectivity index (χ2n) is 4.68. The molecule has 0 aliphatic carbocycles. The zero-order chi connectivity index (χ0) is 15.2. The van der Waals surface area contributed by atoms with E-state index in [-0.39, 0.29) is 5.91 Å². The van der Waals surface area contributed by atoms with Crippen molar-refractivity contribution in [3.8, 4) is 11.8 Å². The van der Waals surface area contributed by atoms with E-state index < -0.39 is 0 Å². The quantitative estimate of drug-likeness (QED) is 0.829. The fraction of sp³-hybridized carbons (Fsp3) is 0.176. The lowest BCUT2D eigenvalue weighted by molar-refractivity contribution is 0.102. The van der Waals surface area contributed by atoms with Crippen molar-refractivity contribution in [3.63, 3.8) is 0 Å². The standard InChI is InChI=1S/C17H17N3O/c1-12-10-15(6-5-14(12)4-3-8-18)17(21)20-16-7-9-19-13(2)11-16/h5-7,9-11H,8,18H2,1-2H3,(H,19,20,21). The van der Waals surface area contributed by atoms with Gasteiger partial charge in [-0.05, 0) is 49.7 Å². The van der Waals surface area contributed by atoms with Crippen LogP contribution in [0, 0.1) is 25.7 Å². The Labute approximate surface area is 124 Å². The molecule has 0 saturated heterocycles. The maximum Gasteiger partial charge on any atom is 0.255 e. The summed E-state index contributed by atoms with van der Waals surface area (Å²) in [6.45, 7) is 4.13. The van der Waals surface area contributed by atoms with Gasteiger partial charge in [0.15, 0.2) is 0 Å². The average Bonchev–Trinajstić information content (AvgIpc) is 2.46. The smallest absolute Gasteiger partial charge is 0.255 e. The fourth-order valence-corrected chi connectivity index (χ4v) is 1.92. The number of rotatable bonds is 2. The molecule has 2 aromatic rings. The number of amides is 1. The Kier molecular flexibility index (Phi) is 4.70. The summed E-state index contributed by atoms with van der Waals surface area (Å²) in [6, 6.07) is 9.01. The Morgan fingerprint density at radius 2 is 2.10 bits per heavy atom. The van der Waals surface area contributed by atoms with E-state index in [0.717, 1.165) is 22.5 Å². The van der Waals surface area contributed by atoms with Crippen LogP contribution in [0.3, 0.4) is 0 Å². The maximum absolute atomic E-state index is 12.2. The summed E-state index contributed by atoms with van der Waals surface area (Å²) in [5.41, 5.74) is 9.39. The summed E-state index contributed by atoms with van der Waals surface area (Å²) < 4.78 is 0. The lowest BCUT2D eigenvalue weighted by Crippen LogP contribution is -2.12. The molecule has 106 valence electrons. The summed E-state index contributed by atoms with van der Waals surface area (Å²) in [5.74, 6) is 5.64. The lowest BCUT2D eigenvalue weighted by atomic mass is 10.0. The van der Waals surface area contributed by atoms with Gasteiger partial charge in [-0.15, -0.1) is 0 Å². The van der Waals surface area contributed by atoms with Crippen molar-refractivity contribution in [2.45, 2.75) is 13.8 Å². The number of nitrogens with two attached hydrogens (primary N) is 1. The molecule has 1 aromatic carbocycles. The zero-order valence-electron chi connectivity index (χ0n) is 12.1. The van der Waals surface area contributed by atoms with Crippen LogP contribution >= 0.6 is 0 Å². The van der Waals surface area contributed by atoms with Crippen molar-refractivity contribution in [1.29, 1.82) is 0 Å². The van der Waals surface area contributed by atoms with Crippen molar-refractivity contribution in [2.75, 3.05) is 11.9 Å². The van der Waals surface area contributed by atoms with Crippen molar-refractivity contribution in [2.24, 2.45) is 5.73 Å². The van der Waals surface area contributed by atoms with Crippen LogP contribution in [0.2, 0.25) is 0 Å². The summed E-state index contributed by atoms with van der Waals surface area (Å²) in [6.07, 6.45) is 1.67. The van der Waals surface area contributed by atoms with Gasteiger partial charge >= 0.3 is 0 Å². The molecule has 2 rings (SSSR count). The number of carbonyl (C=O) groups excluding carboxylic acids is 1. The number of benzene rings is 1. The number of pyridine rings is 1. The molecule has 0 atom stereocenters. The van der Waals surface area contributed by atoms with Crippen molar-refractivity contribution >= 4 is 11.6 Å². The Hall–Kier alpha value is -2.64. The van der Waals surface area contributed by atoms with Crippen LogP contribution in [0.25, 0.3) is 0 Å². The SMILES string of the molecule is Cc1cc(NC(=O)c2ccc(C#CCN)c(C)c2)ccn1. The number of hydrogen-bond donors (Lipinski definition) is 2. The van der Waals surface area contributed by atoms with Crippen LogP contribution in [0.1, 0.15) is 27.2 Å². The number of aromatic nitrogens is 1. The molecule has 4 nitrogen and oxygen atoms in total. The van der Waals surface area contributed by atoms with Crippen LogP contribution in [0.15, 0.2) is 36.5 Å². The lowest BCUT2D eigenvalue weighted by Gasteiger charge is -2.07. The second kappa shape index (κ2) is 6.69. The summed E-state index contributed by atoms with van der Waals surface area (Å²) in [5, 5.41) is 2.85. The molecule has 1 heterocycles. The Balaban J connectivity index is 2.18. The van der Waals surface area contributed by atoms with Crippen LogP contribution in [0.5, 0.6) is 0 Å². The number of nitrogens with one attached hydrogen (secondary N) is 1. The Bertz CT molecular complexity index is 726. The van der Waals surface area contributed by atoms with E-state index in [2.05, 4.69) is 22.1 Å². The minimum Gasteiger partial charge on any atom is -0.322 e. The first-order valence-corrected chi connectivity index (χ1v) is 6.64. The minimum atomic E-state index is -0.151. The van der Waals surface area contributed by atoms with Crippen LogP contribution in [-0.2, 0) is 0 Å². The number of aryl methyl sites for hydroxylation is 2. The van der Waals surface area contributed by atoms with Gasteiger partial charge in [0.25, 0.3) is 5.91 Å². The van der Waals surface area contributed by atoms with Gasteiger partial charge in [-0.3, -0.25) is 9.78 Å². The first kappa shape index (κ1) is 14.8. The van der Waals surface area contributed by atoms with Crippen molar-refractivity contribution in [1.82, 2.24) is 4.98 Å². The molecule has 0 bridgehead atoms. The van der Waals surface area contributed by atoms with Crippen molar-refractivity contribution in [3.05, 3.63) is 58.9 Å². The van der Waals surface area contributed by atoms with Gasteiger partial charge in [0.05, 0.1) is 6.54 Å². The maximum atomic E-state index is 12.2. The topological polar surface area (TPSA) is 68.0 Å². The Morgan fingerprint density at radius 3 is 2.76 bits per heavy atom. The summed E-state index contributed by atoms with van der Waals surface area (Å²) in [4.78, 5) is 16.3. The van der Waals surface area contributed by atoms with Crippen LogP contribution in [-0.4, -0.2) is 17.4 Å². The van der Waals surface area contributed by atoms with E-state index in [4.69, 9.17) is 5.73 Å². The molecule has 0 aliphatic rings. The molecule has 0 radical (unpaired) electrons. The molecular formula is C17H17N3O. The molecular weight excluding hydrogens is 262 g/mol. The first-order valence-electron chi connectivity index (χ1n) is 6.64. The van der Waals surface area contributed by atoms with Gasteiger partial charge in [0.2, 0.25) is 0 Å². The second-order valence-corrected chi connectivity index (χ2v) is 4.68. The fourth-order valence-electron chi connectivity index (χ4n) is 1.92. The highest BCUT2D eigenvalue weighted by Crippen LogP contribution is 2.13. The van der Waals surface area contributed by atoms with E-state index in [9.17, 15) is 4.79 Å². The van der Waals surface area contributed by atoms with Crippen LogP contribution < -0.4 is 11.1 Å². The van der Waals surface area contributed by atoms with Gasteiger partial charge in [0, 0.05) is 28.7 Å². The molecule has 0 saturated carbocycles. The van der Waals surface area contributed by atoms with E-state index in [1.54, 1.807) is 18.3 Å². The third-order valence-corrected chi connectivity index (χ3v) is 2.97. The number of anilines is 1. The predicted molar refractivity (Wildman–Crippen MR) is 84.0 cm³/mol. The first-order chi connectivity index (χ1) is 10.1. The molecule has 3 N–H and O–H groups in total. The van der Waals surface area contributed by atoms with E-state index in [1.165, 1.54) is 0 Å². The monoisotopic (exact) mass is 279 g/mol. The molecule has 0 unspecified atom stereocenters. The largest absolute Gasteiger partial charge is 0.322 e. The van der Waals surface area contributed by atoms with Gasteiger partial charge in [0.1, 0.15) is 0 Å². The molecule has 0 spiro atoms. The minimum absolute atomic E-state index is 0.151. The molecule has 21 heavy (non-hydrogen) atoms. The molecule has 4 heteroatoms. The number of nitrogens with zero attached hydrogens (tertiary/aromatic N) is 1. The average molecular weight is 279 g/mol. The van der Waals surface area contributed by atoms with E-state index in [1.807, 2.05) is 32.0 Å². The normalized spacial score (nSPS) is 9.67. The van der Waals surface area contributed by atoms with Gasteiger partial charge in [-0.25, -0.2) is 0 Å². The number of hydrogen-bond acceptors (Lipinski definition) is 3. The van der Waals surface area contributed by atoms with Gasteiger partial charge in [-0.1, -0.05) is 11.8 Å². The highest BCUT2D eigenvalue weighted by molar-refractivity contribution is 6.04. The van der Waals surface area contributed by atoms with E-state index >= 15 is 0 Å². The number of carbonyl (C=O) groups is 1. The zero-order valence-corrected chi connectivity index (χ0v) is 12.1. The van der Waals surface area contributed by atoms with Crippen molar-refractivity contribution < 1.29 is 4.79 Å². The molecule has 0 fully saturated rings. The van der Waals surface area contributed by atoms with Gasteiger partial charge < -0.3 is 11.1 Å². The highest BCUT2D eigenvalue weighted by atomic mass is 16.1. The molecule has 1 aromatic heterocycles. The summed E-state index contributed by atoms with van der Waals surface area (Å²) in [7, 11) is 0. The third-order valence-electron chi connectivity index (χ3n) is 2.97. The third kappa shape index (κ3) is 3.91. The van der Waals surface area contributed by atoms with Gasteiger partial charge in [-0.2, -0.15) is 0 Å². The molecule has 1 amide bonds. The highest BCUT2D eigenvalue weighted by Gasteiger charge is 2.07. The Morgan fingerprint density at radius 1 is 1.29 bits per heavy atom. The predicted octanol–water partition coefficient (Wildman–Crippen LogP) is 2.26. The molecule has 0 aliphatic heterocycles.